The van der Waals surface area contributed by atoms with Gasteiger partial charge in [0.25, 0.3) is 0 Å². The van der Waals surface area contributed by atoms with Crippen LogP contribution in [0.15, 0.2) is 17.8 Å². The molecular formula is C11H15IN4S. The van der Waals surface area contributed by atoms with Crippen LogP contribution in [0, 0.1) is 2.88 Å². The van der Waals surface area contributed by atoms with Gasteiger partial charge < -0.3 is 5.73 Å². The van der Waals surface area contributed by atoms with Crippen LogP contribution in [0.5, 0.6) is 0 Å². The predicted octanol–water partition coefficient (Wildman–Crippen LogP) is 2.77. The summed E-state index contributed by atoms with van der Waals surface area (Å²) >= 11 is 4.03. The predicted molar refractivity (Wildman–Crippen MR) is 78.1 cm³/mol. The summed E-state index contributed by atoms with van der Waals surface area (Å²) in [7, 11) is 0. The van der Waals surface area contributed by atoms with Gasteiger partial charge in [0.15, 0.2) is 0 Å². The van der Waals surface area contributed by atoms with Gasteiger partial charge >= 0.3 is 0 Å². The Kier molecular flexibility index (Phi) is 4.16. The molecule has 0 fully saturated rings. The highest BCUT2D eigenvalue weighted by Crippen LogP contribution is 2.23. The molecule has 0 saturated heterocycles. The molecule has 2 aromatic rings. The normalized spacial score (nSPS) is 13.2. The Morgan fingerprint density at radius 3 is 2.88 bits per heavy atom. The fourth-order valence-corrected chi connectivity index (χ4v) is 3.12. The van der Waals surface area contributed by atoms with E-state index in [0.29, 0.717) is 6.04 Å². The average molecular weight is 362 g/mol. The summed E-state index contributed by atoms with van der Waals surface area (Å²) in [5, 5.41) is 6.33. The van der Waals surface area contributed by atoms with Crippen molar-refractivity contribution in [3.63, 3.8) is 0 Å². The SMILES string of the molecule is CC(C)n1ncnc1CC(N)c1csc(I)c1. The van der Waals surface area contributed by atoms with E-state index in [4.69, 9.17) is 5.73 Å². The summed E-state index contributed by atoms with van der Waals surface area (Å²) in [5.74, 6) is 0.953. The number of hydrogen-bond donors (Lipinski definition) is 1. The number of nitrogens with zero attached hydrogens (tertiary/aromatic N) is 3. The van der Waals surface area contributed by atoms with Gasteiger partial charge in [-0.15, -0.1) is 11.3 Å². The van der Waals surface area contributed by atoms with Gasteiger partial charge in [0.05, 0.1) is 2.88 Å². The molecule has 0 aliphatic heterocycles. The molecule has 92 valence electrons. The van der Waals surface area contributed by atoms with Crippen molar-refractivity contribution < 1.29 is 0 Å². The maximum Gasteiger partial charge on any atom is 0.138 e. The third-order valence-corrected chi connectivity index (χ3v) is 4.36. The lowest BCUT2D eigenvalue weighted by molar-refractivity contribution is 0.493. The molecule has 2 aromatic heterocycles. The molecule has 6 heteroatoms. The summed E-state index contributed by atoms with van der Waals surface area (Å²) in [4.78, 5) is 4.28. The van der Waals surface area contributed by atoms with Gasteiger partial charge in [-0.3, -0.25) is 0 Å². The molecular weight excluding hydrogens is 347 g/mol. The minimum atomic E-state index is -0.00327. The van der Waals surface area contributed by atoms with Gasteiger partial charge in [-0.05, 0) is 53.4 Å². The topological polar surface area (TPSA) is 56.7 Å². The van der Waals surface area contributed by atoms with Crippen molar-refractivity contribution in [1.29, 1.82) is 0 Å². The molecule has 1 unspecified atom stereocenters. The highest BCUT2D eigenvalue weighted by Gasteiger charge is 2.14. The van der Waals surface area contributed by atoms with Crippen LogP contribution in [0.3, 0.4) is 0 Å². The van der Waals surface area contributed by atoms with Gasteiger partial charge in [0.1, 0.15) is 12.2 Å². The first-order valence-electron chi connectivity index (χ1n) is 5.46. The molecule has 4 nitrogen and oxygen atoms in total. The molecule has 0 spiro atoms. The second-order valence-electron chi connectivity index (χ2n) is 4.21. The lowest BCUT2D eigenvalue weighted by Gasteiger charge is -2.12. The second kappa shape index (κ2) is 5.45. The molecule has 2 N–H and O–H groups in total. The Morgan fingerprint density at radius 1 is 1.53 bits per heavy atom. The van der Waals surface area contributed by atoms with Crippen molar-refractivity contribution >= 4 is 33.9 Å². The number of rotatable bonds is 4. The summed E-state index contributed by atoms with van der Waals surface area (Å²) in [6.07, 6.45) is 2.32. The van der Waals surface area contributed by atoms with Crippen LogP contribution in [0.2, 0.25) is 0 Å². The largest absolute Gasteiger partial charge is 0.324 e. The smallest absolute Gasteiger partial charge is 0.138 e. The van der Waals surface area contributed by atoms with Crippen molar-refractivity contribution in [2.45, 2.75) is 32.4 Å². The van der Waals surface area contributed by atoms with E-state index < -0.39 is 0 Å². The van der Waals surface area contributed by atoms with Gasteiger partial charge in [-0.1, -0.05) is 0 Å². The summed E-state index contributed by atoms with van der Waals surface area (Å²) < 4.78 is 3.19. The molecule has 0 amide bonds. The van der Waals surface area contributed by atoms with Gasteiger partial charge in [-0.25, -0.2) is 9.67 Å². The van der Waals surface area contributed by atoms with Crippen molar-refractivity contribution in [2.24, 2.45) is 5.73 Å². The Labute approximate surface area is 118 Å². The molecule has 0 aliphatic carbocycles. The maximum atomic E-state index is 6.19. The molecule has 2 heterocycles. The Bertz CT molecular complexity index is 491. The van der Waals surface area contributed by atoms with Crippen molar-refractivity contribution in [1.82, 2.24) is 14.8 Å². The zero-order chi connectivity index (χ0) is 12.4. The van der Waals surface area contributed by atoms with Crippen LogP contribution < -0.4 is 5.73 Å². The van der Waals surface area contributed by atoms with E-state index in [0.717, 1.165) is 12.2 Å². The fourth-order valence-electron chi connectivity index (χ4n) is 1.68. The highest BCUT2D eigenvalue weighted by atomic mass is 127. The Morgan fingerprint density at radius 2 is 2.29 bits per heavy atom. The van der Waals surface area contributed by atoms with Crippen LogP contribution in [0.25, 0.3) is 0 Å². The molecule has 0 aliphatic rings. The number of halogens is 1. The van der Waals surface area contributed by atoms with Gasteiger partial charge in [-0.2, -0.15) is 5.10 Å². The Hall–Kier alpha value is -0.470. The van der Waals surface area contributed by atoms with Gasteiger partial charge in [0, 0.05) is 18.5 Å². The van der Waals surface area contributed by atoms with Crippen LogP contribution in [0.1, 0.15) is 37.3 Å². The van der Waals surface area contributed by atoms with E-state index in [-0.39, 0.29) is 6.04 Å². The van der Waals surface area contributed by atoms with Gasteiger partial charge in [0.2, 0.25) is 0 Å². The summed E-state index contributed by atoms with van der Waals surface area (Å²) in [5.41, 5.74) is 7.37. The first-order valence-corrected chi connectivity index (χ1v) is 7.41. The number of nitrogens with two attached hydrogens (primary N) is 1. The average Bonchev–Trinajstić information content (AvgIpc) is 2.86. The molecule has 0 saturated carbocycles. The molecule has 0 bridgehead atoms. The molecule has 0 aromatic carbocycles. The minimum Gasteiger partial charge on any atom is -0.324 e. The standard InChI is InChI=1S/C11H15IN4S/c1-7(2)16-11(14-6-15-16)4-9(13)8-3-10(12)17-5-8/h3,5-7,9H,4,13H2,1-2H3. The fraction of sp³-hybridized carbons (Fsp3) is 0.455. The van der Waals surface area contributed by atoms with Crippen LogP contribution >= 0.6 is 33.9 Å². The van der Waals surface area contributed by atoms with Crippen molar-refractivity contribution in [3.05, 3.63) is 32.0 Å². The van der Waals surface area contributed by atoms with E-state index in [2.05, 4.69) is 58.0 Å². The zero-order valence-corrected chi connectivity index (χ0v) is 12.8. The number of thiophene rings is 1. The van der Waals surface area contributed by atoms with E-state index >= 15 is 0 Å². The van der Waals surface area contributed by atoms with Crippen LogP contribution in [-0.4, -0.2) is 14.8 Å². The molecule has 17 heavy (non-hydrogen) atoms. The quantitative estimate of drug-likeness (QED) is 0.851. The first kappa shape index (κ1) is 13.0. The van der Waals surface area contributed by atoms with E-state index in [9.17, 15) is 0 Å². The Balaban J connectivity index is 2.13. The zero-order valence-electron chi connectivity index (χ0n) is 9.80. The number of aromatic nitrogens is 3. The lowest BCUT2D eigenvalue weighted by atomic mass is 10.1. The lowest BCUT2D eigenvalue weighted by Crippen LogP contribution is -2.17. The van der Waals surface area contributed by atoms with Crippen molar-refractivity contribution in [2.75, 3.05) is 0 Å². The summed E-state index contributed by atoms with van der Waals surface area (Å²) in [6, 6.07) is 2.45. The molecule has 1 atom stereocenters. The van der Waals surface area contributed by atoms with E-state index in [1.807, 2.05) is 4.68 Å². The maximum absolute atomic E-state index is 6.19. The van der Waals surface area contributed by atoms with Crippen LogP contribution in [0.4, 0.5) is 0 Å². The number of hydrogen-bond acceptors (Lipinski definition) is 4. The van der Waals surface area contributed by atoms with E-state index in [1.165, 1.54) is 8.45 Å². The van der Waals surface area contributed by atoms with Crippen LogP contribution in [-0.2, 0) is 6.42 Å². The second-order valence-corrected chi connectivity index (χ2v) is 7.01. The first-order chi connectivity index (χ1) is 8.08. The highest BCUT2D eigenvalue weighted by molar-refractivity contribution is 14.1. The molecule has 2 rings (SSSR count). The summed E-state index contributed by atoms with van der Waals surface area (Å²) in [6.45, 7) is 4.19. The monoisotopic (exact) mass is 362 g/mol. The third-order valence-electron chi connectivity index (χ3n) is 2.55. The third kappa shape index (κ3) is 3.05. The van der Waals surface area contributed by atoms with E-state index in [1.54, 1.807) is 17.7 Å². The molecule has 0 radical (unpaired) electrons. The van der Waals surface area contributed by atoms with Crippen molar-refractivity contribution in [3.8, 4) is 0 Å². The minimum absolute atomic E-state index is 0.00327.